The lowest BCUT2D eigenvalue weighted by molar-refractivity contribution is 0.0986. The molecule has 31 heavy (non-hydrogen) atoms. The summed E-state index contributed by atoms with van der Waals surface area (Å²) in [6, 6.07) is 2.49. The molecule has 2 aromatic heterocycles. The number of carbonyl (C=O) groups excluding carboxylic acids is 1. The van der Waals surface area contributed by atoms with E-state index in [2.05, 4.69) is 19.9 Å². The van der Waals surface area contributed by atoms with Crippen LogP contribution in [0.1, 0.15) is 40.9 Å². The zero-order valence-corrected chi connectivity index (χ0v) is 18.6. The highest BCUT2D eigenvalue weighted by Crippen LogP contribution is 2.32. The van der Waals surface area contributed by atoms with Gasteiger partial charge in [0.05, 0.1) is 18.3 Å². The zero-order chi connectivity index (χ0) is 22.8. The molecule has 0 fully saturated rings. The number of alkyl halides is 1. The van der Waals surface area contributed by atoms with Crippen molar-refractivity contribution in [3.8, 4) is 0 Å². The Morgan fingerprint density at radius 3 is 2.65 bits per heavy atom. The van der Waals surface area contributed by atoms with Gasteiger partial charge in [0.1, 0.15) is 28.5 Å². The predicted octanol–water partition coefficient (Wildman–Crippen LogP) is 1.41. The molecule has 0 bridgehead atoms. The number of pyridine rings is 1. The average Bonchev–Trinajstić information content (AvgIpc) is 2.71. The molecular formula is C19H22ClFN6O3S. The number of aromatic nitrogens is 3. The van der Waals surface area contributed by atoms with E-state index in [0.717, 1.165) is 22.5 Å². The summed E-state index contributed by atoms with van der Waals surface area (Å²) >= 11 is 5.66. The fraction of sp³-hybridized carbons (Fsp3) is 0.421. The molecule has 3 rings (SSSR count). The Kier molecular flexibility index (Phi) is 6.56. The monoisotopic (exact) mass is 468 g/mol. The third-order valence-electron chi connectivity index (χ3n) is 4.88. The standard InChI is InChI=1S/C19H22ClFN6O3S/c1-19(11-31(29,30)27(2)18(22)26-19)17-14(21)6-5-12(25-17)8-16(28)15-10-23-13(9-24-15)4-3-7-20/h5-6,9-10H,3-4,7-8,11H2,1-2H3,(H2,22,26)/t19-/m0/s1. The van der Waals surface area contributed by atoms with Crippen molar-refractivity contribution in [3.05, 3.63) is 53.1 Å². The zero-order valence-electron chi connectivity index (χ0n) is 17.0. The fourth-order valence-corrected chi connectivity index (χ4v) is 4.73. The lowest BCUT2D eigenvalue weighted by atomic mass is 9.99. The number of nitrogens with zero attached hydrogens (tertiary/aromatic N) is 5. The van der Waals surface area contributed by atoms with Crippen LogP contribution in [0.3, 0.4) is 0 Å². The van der Waals surface area contributed by atoms with Gasteiger partial charge >= 0.3 is 0 Å². The molecule has 166 valence electrons. The third kappa shape index (κ3) is 4.99. The first kappa shape index (κ1) is 23.0. The lowest BCUT2D eigenvalue weighted by Crippen LogP contribution is -2.50. The maximum atomic E-state index is 14.6. The van der Waals surface area contributed by atoms with E-state index in [9.17, 15) is 17.6 Å². The first-order valence-corrected chi connectivity index (χ1v) is 11.6. The number of Topliss-reactive ketones (excluding diaryl/α,β-unsaturated/α-hetero) is 1. The van der Waals surface area contributed by atoms with Crippen molar-refractivity contribution < 1.29 is 17.6 Å². The SMILES string of the molecule is CN1C(N)=N[C@](C)(c2nc(CC(=O)c3cnc(CCCCl)cn3)ccc2F)CS1(=O)=O. The van der Waals surface area contributed by atoms with Gasteiger partial charge < -0.3 is 5.73 Å². The van der Waals surface area contributed by atoms with Gasteiger partial charge in [-0.25, -0.2) is 27.1 Å². The van der Waals surface area contributed by atoms with Gasteiger partial charge in [-0.2, -0.15) is 0 Å². The molecule has 1 aliphatic rings. The van der Waals surface area contributed by atoms with Gasteiger partial charge in [0.2, 0.25) is 16.0 Å². The Morgan fingerprint density at radius 2 is 2.03 bits per heavy atom. The molecule has 0 unspecified atom stereocenters. The lowest BCUT2D eigenvalue weighted by Gasteiger charge is -2.33. The number of rotatable bonds is 7. The molecule has 0 saturated heterocycles. The molecule has 0 amide bonds. The minimum absolute atomic E-state index is 0.151. The quantitative estimate of drug-likeness (QED) is 0.480. The molecule has 2 N–H and O–H groups in total. The maximum absolute atomic E-state index is 14.6. The minimum Gasteiger partial charge on any atom is -0.369 e. The number of nitrogens with two attached hydrogens (primary N) is 1. The summed E-state index contributed by atoms with van der Waals surface area (Å²) < 4.78 is 40.2. The van der Waals surface area contributed by atoms with Crippen LogP contribution in [0.15, 0.2) is 29.5 Å². The Bertz CT molecular complexity index is 1130. The van der Waals surface area contributed by atoms with Crippen LogP contribution in [0, 0.1) is 5.82 Å². The number of guanidine groups is 1. The number of carbonyl (C=O) groups is 1. The van der Waals surface area contributed by atoms with Gasteiger partial charge in [-0.3, -0.25) is 14.8 Å². The van der Waals surface area contributed by atoms with Crippen LogP contribution in [0.25, 0.3) is 0 Å². The molecule has 1 atom stereocenters. The van der Waals surface area contributed by atoms with Crippen LogP contribution in [0.4, 0.5) is 4.39 Å². The summed E-state index contributed by atoms with van der Waals surface area (Å²) in [6.07, 6.45) is 4.15. The number of sulfonamides is 1. The second-order valence-corrected chi connectivity index (χ2v) is 9.76. The van der Waals surface area contributed by atoms with E-state index in [-0.39, 0.29) is 35.2 Å². The molecule has 3 heterocycles. The Labute approximate surface area is 184 Å². The normalized spacial score (nSPS) is 20.4. The van der Waals surface area contributed by atoms with Gasteiger partial charge in [-0.1, -0.05) is 0 Å². The number of hydrogen-bond donors (Lipinski definition) is 1. The highest BCUT2D eigenvalue weighted by molar-refractivity contribution is 7.89. The molecule has 1 aliphatic heterocycles. The number of aliphatic imine (C=N–C) groups is 1. The van der Waals surface area contributed by atoms with Crippen molar-refractivity contribution in [2.75, 3.05) is 18.7 Å². The molecule has 0 radical (unpaired) electrons. The summed E-state index contributed by atoms with van der Waals surface area (Å²) in [6.45, 7) is 1.44. The van der Waals surface area contributed by atoms with Gasteiger partial charge in [0, 0.05) is 24.8 Å². The van der Waals surface area contributed by atoms with E-state index in [1.165, 1.54) is 32.4 Å². The average molecular weight is 469 g/mol. The van der Waals surface area contributed by atoms with Gasteiger partial charge in [0.15, 0.2) is 5.78 Å². The van der Waals surface area contributed by atoms with Crippen molar-refractivity contribution in [2.24, 2.45) is 10.7 Å². The van der Waals surface area contributed by atoms with E-state index in [4.69, 9.17) is 17.3 Å². The van der Waals surface area contributed by atoms with Crippen molar-refractivity contribution in [1.29, 1.82) is 0 Å². The van der Waals surface area contributed by atoms with E-state index in [0.29, 0.717) is 12.3 Å². The summed E-state index contributed by atoms with van der Waals surface area (Å²) in [7, 11) is -2.52. The number of halogens is 2. The van der Waals surface area contributed by atoms with Crippen LogP contribution < -0.4 is 5.73 Å². The van der Waals surface area contributed by atoms with Gasteiger partial charge in [-0.15, -0.1) is 11.6 Å². The smallest absolute Gasteiger partial charge is 0.239 e. The van der Waals surface area contributed by atoms with Crippen LogP contribution in [-0.2, 0) is 28.4 Å². The predicted molar refractivity (Wildman–Crippen MR) is 114 cm³/mol. The molecule has 0 aliphatic carbocycles. The van der Waals surface area contributed by atoms with Crippen LogP contribution in [0.5, 0.6) is 0 Å². The van der Waals surface area contributed by atoms with Crippen molar-refractivity contribution in [1.82, 2.24) is 19.3 Å². The van der Waals surface area contributed by atoms with E-state index in [1.54, 1.807) is 0 Å². The maximum Gasteiger partial charge on any atom is 0.239 e. The van der Waals surface area contributed by atoms with Crippen LogP contribution in [-0.4, -0.2) is 58.1 Å². The molecule has 0 aromatic carbocycles. The molecule has 2 aromatic rings. The second-order valence-electron chi connectivity index (χ2n) is 7.39. The highest BCUT2D eigenvalue weighted by Gasteiger charge is 2.42. The third-order valence-corrected chi connectivity index (χ3v) is 7.09. The van der Waals surface area contributed by atoms with E-state index >= 15 is 0 Å². The van der Waals surface area contributed by atoms with Crippen LogP contribution in [0.2, 0.25) is 0 Å². The Morgan fingerprint density at radius 1 is 1.29 bits per heavy atom. The van der Waals surface area contributed by atoms with Crippen LogP contribution >= 0.6 is 11.6 Å². The molecule has 9 nitrogen and oxygen atoms in total. The first-order valence-electron chi connectivity index (χ1n) is 9.43. The molecule has 12 heteroatoms. The van der Waals surface area contributed by atoms with Crippen molar-refractivity contribution >= 4 is 33.4 Å². The van der Waals surface area contributed by atoms with Gasteiger partial charge in [-0.05, 0) is 31.9 Å². The van der Waals surface area contributed by atoms with Gasteiger partial charge in [0.25, 0.3) is 0 Å². The first-order chi connectivity index (χ1) is 14.6. The van der Waals surface area contributed by atoms with E-state index < -0.39 is 27.1 Å². The largest absolute Gasteiger partial charge is 0.369 e. The topological polar surface area (TPSA) is 132 Å². The van der Waals surface area contributed by atoms with E-state index in [1.807, 2.05) is 0 Å². The second kappa shape index (κ2) is 8.83. The minimum atomic E-state index is -3.80. The fourth-order valence-electron chi connectivity index (χ4n) is 3.16. The molecular weight excluding hydrogens is 447 g/mol. The summed E-state index contributed by atoms with van der Waals surface area (Å²) in [4.78, 5) is 29.3. The summed E-state index contributed by atoms with van der Waals surface area (Å²) in [5.41, 5.74) is 5.13. The van der Waals surface area contributed by atoms with Crippen molar-refractivity contribution in [3.63, 3.8) is 0 Å². The summed E-state index contributed by atoms with van der Waals surface area (Å²) in [5.74, 6) is -1.36. The van der Waals surface area contributed by atoms with Crippen molar-refractivity contribution in [2.45, 2.75) is 31.7 Å². The molecule has 0 saturated carbocycles. The Balaban J connectivity index is 1.85. The Hall–Kier alpha value is -2.66. The number of hydrogen-bond acceptors (Lipinski definition) is 8. The molecule has 0 spiro atoms. The highest BCUT2D eigenvalue weighted by atomic mass is 35.5. The number of aryl methyl sites for hydroxylation is 1. The summed E-state index contributed by atoms with van der Waals surface area (Å²) in [5, 5.41) is 0. The number of ketones is 1.